The third-order valence-electron chi connectivity index (χ3n) is 2.72. The van der Waals surface area contributed by atoms with E-state index < -0.39 is 17.6 Å². The van der Waals surface area contributed by atoms with Crippen LogP contribution in [0.15, 0.2) is 36.4 Å². The van der Waals surface area contributed by atoms with Gasteiger partial charge in [-0.05, 0) is 36.4 Å². The predicted octanol–water partition coefficient (Wildman–Crippen LogP) is 2.98. The fourth-order valence-corrected chi connectivity index (χ4v) is 1.68. The van der Waals surface area contributed by atoms with Gasteiger partial charge in [-0.3, -0.25) is 0 Å². The molecule has 0 atom stereocenters. The second kappa shape index (κ2) is 5.56. The first-order chi connectivity index (χ1) is 9.47. The first-order valence-electron chi connectivity index (χ1n) is 5.71. The van der Waals surface area contributed by atoms with E-state index in [4.69, 9.17) is 5.11 Å². The Bertz CT molecular complexity index is 659. The van der Waals surface area contributed by atoms with Gasteiger partial charge in [-0.15, -0.1) is 0 Å². The highest BCUT2D eigenvalue weighted by molar-refractivity contribution is 5.88. The number of halogens is 2. The lowest BCUT2D eigenvalue weighted by Crippen LogP contribution is -2.04. The lowest BCUT2D eigenvalue weighted by molar-refractivity contribution is 0.0697. The van der Waals surface area contributed by atoms with Crippen LogP contribution in [0.3, 0.4) is 0 Å². The fourth-order valence-electron chi connectivity index (χ4n) is 1.68. The van der Waals surface area contributed by atoms with Gasteiger partial charge >= 0.3 is 5.97 Å². The summed E-state index contributed by atoms with van der Waals surface area (Å²) in [5.41, 5.74) is 0.135. The molecule has 0 saturated carbocycles. The maximum absolute atomic E-state index is 13.5. The van der Waals surface area contributed by atoms with Gasteiger partial charge in [-0.25, -0.2) is 13.6 Å². The number of carboxylic acids is 1. The van der Waals surface area contributed by atoms with Gasteiger partial charge < -0.3 is 15.5 Å². The number of benzene rings is 2. The fraction of sp³-hybridized carbons (Fsp3) is 0.0714. The van der Waals surface area contributed by atoms with Crippen LogP contribution >= 0.6 is 0 Å². The maximum Gasteiger partial charge on any atom is 0.335 e. The van der Waals surface area contributed by atoms with Gasteiger partial charge in [-0.2, -0.15) is 0 Å². The van der Waals surface area contributed by atoms with E-state index in [0.29, 0.717) is 0 Å². The molecule has 0 saturated heterocycles. The van der Waals surface area contributed by atoms with Crippen LogP contribution in [0.25, 0.3) is 0 Å². The summed E-state index contributed by atoms with van der Waals surface area (Å²) < 4.78 is 26.6. The molecule has 0 unspecified atom stereocenters. The van der Waals surface area contributed by atoms with Crippen molar-refractivity contribution < 1.29 is 23.8 Å². The SMILES string of the molecule is O=C(O)c1ccc(F)c(NCc2cc(F)ccc2O)c1. The van der Waals surface area contributed by atoms with Gasteiger partial charge in [-0.1, -0.05) is 0 Å². The molecule has 0 spiro atoms. The zero-order chi connectivity index (χ0) is 14.7. The van der Waals surface area contributed by atoms with Crippen molar-refractivity contribution in [3.05, 3.63) is 59.2 Å². The standard InChI is InChI=1S/C14H11F2NO3/c15-10-2-4-13(18)9(5-10)7-17-12-6-8(14(19)20)1-3-11(12)16/h1-6,17-18H,7H2,(H,19,20). The summed E-state index contributed by atoms with van der Waals surface area (Å²) in [6.07, 6.45) is 0. The largest absolute Gasteiger partial charge is 0.508 e. The minimum Gasteiger partial charge on any atom is -0.508 e. The minimum atomic E-state index is -1.18. The van der Waals surface area contributed by atoms with E-state index in [-0.39, 0.29) is 29.1 Å². The Morgan fingerprint density at radius 3 is 2.60 bits per heavy atom. The van der Waals surface area contributed by atoms with Gasteiger partial charge in [0, 0.05) is 12.1 Å². The third-order valence-corrected chi connectivity index (χ3v) is 2.72. The van der Waals surface area contributed by atoms with Crippen molar-refractivity contribution in [2.75, 3.05) is 5.32 Å². The smallest absolute Gasteiger partial charge is 0.335 e. The highest BCUT2D eigenvalue weighted by Crippen LogP contribution is 2.21. The van der Waals surface area contributed by atoms with Crippen molar-refractivity contribution >= 4 is 11.7 Å². The Hall–Kier alpha value is -2.63. The maximum atomic E-state index is 13.5. The van der Waals surface area contributed by atoms with E-state index in [0.717, 1.165) is 30.3 Å². The van der Waals surface area contributed by atoms with E-state index in [9.17, 15) is 18.7 Å². The summed E-state index contributed by atoms with van der Waals surface area (Å²) in [5, 5.41) is 21.0. The highest BCUT2D eigenvalue weighted by Gasteiger charge is 2.09. The molecule has 0 radical (unpaired) electrons. The van der Waals surface area contributed by atoms with Crippen molar-refractivity contribution in [2.45, 2.75) is 6.54 Å². The number of hydrogen-bond acceptors (Lipinski definition) is 3. The Morgan fingerprint density at radius 1 is 1.15 bits per heavy atom. The molecule has 2 aromatic carbocycles. The van der Waals surface area contributed by atoms with E-state index in [2.05, 4.69) is 5.32 Å². The van der Waals surface area contributed by atoms with E-state index in [1.807, 2.05) is 0 Å². The molecule has 6 heteroatoms. The molecule has 0 fully saturated rings. The molecule has 0 aliphatic rings. The number of phenols is 1. The molecular formula is C14H11F2NO3. The molecule has 2 rings (SSSR count). The van der Waals surface area contributed by atoms with E-state index >= 15 is 0 Å². The normalized spacial score (nSPS) is 10.3. The van der Waals surface area contributed by atoms with Crippen molar-refractivity contribution in [1.82, 2.24) is 0 Å². The zero-order valence-corrected chi connectivity index (χ0v) is 10.2. The van der Waals surface area contributed by atoms with E-state index in [1.165, 1.54) is 6.07 Å². The van der Waals surface area contributed by atoms with Crippen molar-refractivity contribution in [1.29, 1.82) is 0 Å². The number of phenolic OH excluding ortho intramolecular Hbond substituents is 1. The van der Waals surface area contributed by atoms with Crippen molar-refractivity contribution in [3.8, 4) is 5.75 Å². The van der Waals surface area contributed by atoms with Crippen LogP contribution in [-0.4, -0.2) is 16.2 Å². The second-order valence-corrected chi connectivity index (χ2v) is 4.13. The number of anilines is 1. The average molecular weight is 279 g/mol. The summed E-state index contributed by atoms with van der Waals surface area (Å²) in [6, 6.07) is 6.70. The molecule has 0 heterocycles. The number of hydrogen-bond donors (Lipinski definition) is 3. The average Bonchev–Trinajstić information content (AvgIpc) is 2.41. The first kappa shape index (κ1) is 13.8. The second-order valence-electron chi connectivity index (χ2n) is 4.13. The Balaban J connectivity index is 2.20. The molecule has 0 aliphatic heterocycles. The quantitative estimate of drug-likeness (QED) is 0.804. The lowest BCUT2D eigenvalue weighted by Gasteiger charge is -2.10. The van der Waals surface area contributed by atoms with Crippen LogP contribution in [-0.2, 0) is 6.54 Å². The summed E-state index contributed by atoms with van der Waals surface area (Å²) in [7, 11) is 0. The number of nitrogens with one attached hydrogen (secondary N) is 1. The van der Waals surface area contributed by atoms with Gasteiger partial charge in [0.05, 0.1) is 11.3 Å². The van der Waals surface area contributed by atoms with Gasteiger partial charge in [0.1, 0.15) is 17.4 Å². The van der Waals surface area contributed by atoms with Crippen LogP contribution in [0.4, 0.5) is 14.5 Å². The van der Waals surface area contributed by atoms with Gasteiger partial charge in [0.25, 0.3) is 0 Å². The van der Waals surface area contributed by atoms with Gasteiger partial charge in [0.15, 0.2) is 0 Å². The summed E-state index contributed by atoms with van der Waals surface area (Å²) in [6.45, 7) is -0.0381. The van der Waals surface area contributed by atoms with Crippen molar-refractivity contribution in [2.24, 2.45) is 0 Å². The number of carbonyl (C=O) groups is 1. The molecule has 2 aromatic rings. The molecule has 0 amide bonds. The van der Waals surface area contributed by atoms with E-state index in [1.54, 1.807) is 0 Å². The number of aromatic carboxylic acids is 1. The topological polar surface area (TPSA) is 69.6 Å². The summed E-state index contributed by atoms with van der Waals surface area (Å²) >= 11 is 0. The molecule has 0 aliphatic carbocycles. The summed E-state index contributed by atoms with van der Waals surface area (Å²) in [5.74, 6) is -2.47. The van der Waals surface area contributed by atoms with Crippen LogP contribution in [0.2, 0.25) is 0 Å². The lowest BCUT2D eigenvalue weighted by atomic mass is 10.1. The Morgan fingerprint density at radius 2 is 1.90 bits per heavy atom. The summed E-state index contributed by atoms with van der Waals surface area (Å²) in [4.78, 5) is 10.8. The first-order valence-corrected chi connectivity index (χ1v) is 5.71. The molecular weight excluding hydrogens is 268 g/mol. The number of carboxylic acid groups (broad SMARTS) is 1. The third kappa shape index (κ3) is 3.03. The monoisotopic (exact) mass is 279 g/mol. The Kier molecular flexibility index (Phi) is 3.84. The number of aromatic hydroxyl groups is 1. The molecule has 3 N–H and O–H groups in total. The molecule has 20 heavy (non-hydrogen) atoms. The van der Waals surface area contributed by atoms with Crippen LogP contribution in [0.1, 0.15) is 15.9 Å². The van der Waals surface area contributed by atoms with Crippen molar-refractivity contribution in [3.63, 3.8) is 0 Å². The van der Waals surface area contributed by atoms with Crippen LogP contribution in [0, 0.1) is 11.6 Å². The van der Waals surface area contributed by atoms with Crippen LogP contribution in [0.5, 0.6) is 5.75 Å². The molecule has 0 bridgehead atoms. The zero-order valence-electron chi connectivity index (χ0n) is 10.2. The number of rotatable bonds is 4. The predicted molar refractivity (Wildman–Crippen MR) is 68.8 cm³/mol. The molecule has 0 aromatic heterocycles. The molecule has 4 nitrogen and oxygen atoms in total. The van der Waals surface area contributed by atoms with Crippen LogP contribution < -0.4 is 5.32 Å². The van der Waals surface area contributed by atoms with Gasteiger partial charge in [0.2, 0.25) is 0 Å². The highest BCUT2D eigenvalue weighted by atomic mass is 19.1. The molecule has 104 valence electrons. The minimum absolute atomic E-state index is 0.0337. The Labute approximate surface area is 113 Å².